The minimum absolute atomic E-state index is 0.0423. The Morgan fingerprint density at radius 3 is 2.92 bits per heavy atom. The van der Waals surface area contributed by atoms with E-state index in [4.69, 9.17) is 10.5 Å². The molecule has 0 spiro atoms. The highest BCUT2D eigenvalue weighted by Gasteiger charge is 2.02. The quantitative estimate of drug-likeness (QED) is 0.815. The molecule has 0 radical (unpaired) electrons. The van der Waals surface area contributed by atoms with Gasteiger partial charge in [0.25, 0.3) is 0 Å². The molecule has 0 heterocycles. The van der Waals surface area contributed by atoms with Crippen molar-refractivity contribution in [3.63, 3.8) is 0 Å². The molecule has 1 rings (SSSR count). The highest BCUT2D eigenvalue weighted by Crippen LogP contribution is 2.28. The predicted octanol–water partition coefficient (Wildman–Crippen LogP) is 2.38. The molecule has 1 aromatic rings. The zero-order chi connectivity index (χ0) is 8.97. The van der Waals surface area contributed by atoms with Crippen LogP contribution in [0.5, 0.6) is 5.75 Å². The zero-order valence-corrected chi connectivity index (χ0v) is 7.97. The first-order valence-corrected chi connectivity index (χ1v) is 4.27. The van der Waals surface area contributed by atoms with Gasteiger partial charge in [0, 0.05) is 4.47 Å². The first-order valence-electron chi connectivity index (χ1n) is 3.48. The van der Waals surface area contributed by atoms with Crippen LogP contribution in [-0.4, -0.2) is 13.3 Å². The summed E-state index contributed by atoms with van der Waals surface area (Å²) in [5.74, 6) is 0.516. The molecule has 0 bridgehead atoms. The van der Waals surface area contributed by atoms with E-state index in [1.165, 1.54) is 0 Å². The van der Waals surface area contributed by atoms with E-state index in [0.29, 0.717) is 11.4 Å². The number of hydrogen-bond donors (Lipinski definition) is 1. The molecule has 4 heteroatoms. The van der Waals surface area contributed by atoms with Crippen molar-refractivity contribution in [1.82, 2.24) is 0 Å². The van der Waals surface area contributed by atoms with Crippen molar-refractivity contribution in [2.75, 3.05) is 19.0 Å². The van der Waals surface area contributed by atoms with Gasteiger partial charge in [-0.1, -0.05) is 6.07 Å². The topological polar surface area (TPSA) is 35.2 Å². The highest BCUT2D eigenvalue weighted by molar-refractivity contribution is 9.10. The Kier molecular flexibility index (Phi) is 3.34. The van der Waals surface area contributed by atoms with Gasteiger partial charge < -0.3 is 10.5 Å². The molecular weight excluding hydrogens is 225 g/mol. The van der Waals surface area contributed by atoms with Crippen molar-refractivity contribution < 1.29 is 9.13 Å². The number of nitrogen functional groups attached to an aromatic ring is 1. The fraction of sp³-hybridized carbons (Fsp3) is 0.250. The molecule has 0 aliphatic heterocycles. The van der Waals surface area contributed by atoms with Gasteiger partial charge in [-0.25, -0.2) is 4.39 Å². The summed E-state index contributed by atoms with van der Waals surface area (Å²) in [5, 5.41) is 0. The number of para-hydroxylation sites is 1. The fourth-order valence-corrected chi connectivity index (χ4v) is 1.14. The van der Waals surface area contributed by atoms with Crippen LogP contribution < -0.4 is 10.5 Å². The molecule has 0 amide bonds. The van der Waals surface area contributed by atoms with Crippen LogP contribution in [0.4, 0.5) is 10.1 Å². The largest absolute Gasteiger partial charge is 0.489 e. The van der Waals surface area contributed by atoms with E-state index in [-0.39, 0.29) is 6.61 Å². The maximum absolute atomic E-state index is 11.7. The Balaban J connectivity index is 2.78. The molecule has 0 aliphatic rings. The average molecular weight is 234 g/mol. The van der Waals surface area contributed by atoms with E-state index in [2.05, 4.69) is 15.9 Å². The number of halogens is 2. The molecule has 0 fully saturated rings. The number of anilines is 1. The number of benzene rings is 1. The summed E-state index contributed by atoms with van der Waals surface area (Å²) in [4.78, 5) is 0. The lowest BCUT2D eigenvalue weighted by molar-refractivity contribution is 0.274. The summed E-state index contributed by atoms with van der Waals surface area (Å²) in [5.41, 5.74) is 6.13. The molecule has 0 unspecified atom stereocenters. The molecule has 0 atom stereocenters. The summed E-state index contributed by atoms with van der Waals surface area (Å²) >= 11 is 3.24. The fourth-order valence-electron chi connectivity index (χ4n) is 0.792. The van der Waals surface area contributed by atoms with Crippen LogP contribution in [-0.2, 0) is 0 Å². The van der Waals surface area contributed by atoms with Crippen LogP contribution in [0.3, 0.4) is 0 Å². The molecule has 12 heavy (non-hydrogen) atoms. The van der Waals surface area contributed by atoms with Crippen molar-refractivity contribution in [3.05, 3.63) is 22.7 Å². The second-order valence-corrected chi connectivity index (χ2v) is 3.04. The van der Waals surface area contributed by atoms with Gasteiger partial charge in [0.2, 0.25) is 0 Å². The molecule has 66 valence electrons. The summed E-state index contributed by atoms with van der Waals surface area (Å²) < 4.78 is 17.5. The number of hydrogen-bond acceptors (Lipinski definition) is 2. The van der Waals surface area contributed by atoms with Crippen LogP contribution >= 0.6 is 15.9 Å². The molecule has 1 aromatic carbocycles. The van der Waals surface area contributed by atoms with E-state index in [1.54, 1.807) is 18.2 Å². The maximum atomic E-state index is 11.7. The van der Waals surface area contributed by atoms with Crippen molar-refractivity contribution in [2.24, 2.45) is 0 Å². The smallest absolute Gasteiger partial charge is 0.143 e. The van der Waals surface area contributed by atoms with Gasteiger partial charge in [-0.2, -0.15) is 0 Å². The lowest BCUT2D eigenvalue weighted by atomic mass is 10.3. The van der Waals surface area contributed by atoms with E-state index in [0.717, 1.165) is 4.47 Å². The third-order valence-corrected chi connectivity index (χ3v) is 2.04. The number of nitrogens with two attached hydrogens (primary N) is 1. The van der Waals surface area contributed by atoms with Gasteiger partial charge in [-0.05, 0) is 28.1 Å². The second-order valence-electron chi connectivity index (χ2n) is 2.19. The Hall–Kier alpha value is -0.770. The van der Waals surface area contributed by atoms with Gasteiger partial charge in [-0.3, -0.25) is 0 Å². The van der Waals surface area contributed by atoms with Crippen LogP contribution in [0, 0.1) is 0 Å². The minimum atomic E-state index is -0.508. The standard InChI is InChI=1S/C8H9BrFNO/c9-6-2-1-3-7(8(6)11)12-5-4-10/h1-3H,4-5,11H2. The van der Waals surface area contributed by atoms with Crippen LogP contribution in [0.25, 0.3) is 0 Å². The monoisotopic (exact) mass is 233 g/mol. The lowest BCUT2D eigenvalue weighted by Crippen LogP contribution is -2.01. The first-order chi connectivity index (χ1) is 5.75. The van der Waals surface area contributed by atoms with Crippen LogP contribution in [0.1, 0.15) is 0 Å². The lowest BCUT2D eigenvalue weighted by Gasteiger charge is -2.07. The van der Waals surface area contributed by atoms with Gasteiger partial charge in [0.15, 0.2) is 0 Å². The van der Waals surface area contributed by atoms with Gasteiger partial charge in [0.05, 0.1) is 5.69 Å². The minimum Gasteiger partial charge on any atom is -0.489 e. The van der Waals surface area contributed by atoms with Crippen LogP contribution in [0.15, 0.2) is 22.7 Å². The van der Waals surface area contributed by atoms with E-state index >= 15 is 0 Å². The summed E-state index contributed by atoms with van der Waals surface area (Å²) in [7, 11) is 0. The Bertz CT molecular complexity index is 267. The normalized spacial score (nSPS) is 9.83. The Morgan fingerprint density at radius 2 is 2.25 bits per heavy atom. The van der Waals surface area contributed by atoms with Crippen LogP contribution in [0.2, 0.25) is 0 Å². The van der Waals surface area contributed by atoms with Gasteiger partial charge in [-0.15, -0.1) is 0 Å². The first kappa shape index (κ1) is 9.32. The zero-order valence-electron chi connectivity index (χ0n) is 6.39. The van der Waals surface area contributed by atoms with Gasteiger partial charge in [0.1, 0.15) is 19.0 Å². The molecule has 0 saturated carbocycles. The number of rotatable bonds is 3. The molecule has 2 nitrogen and oxygen atoms in total. The molecule has 0 aromatic heterocycles. The average Bonchev–Trinajstić information content (AvgIpc) is 2.08. The molecule has 2 N–H and O–H groups in total. The van der Waals surface area contributed by atoms with E-state index in [9.17, 15) is 4.39 Å². The summed E-state index contributed by atoms with van der Waals surface area (Å²) in [6, 6.07) is 5.29. The van der Waals surface area contributed by atoms with Crippen molar-refractivity contribution >= 4 is 21.6 Å². The summed E-state index contributed by atoms with van der Waals surface area (Å²) in [6.07, 6.45) is 0. The molecular formula is C8H9BrFNO. The molecule has 0 saturated heterocycles. The molecule has 0 aliphatic carbocycles. The highest BCUT2D eigenvalue weighted by atomic mass is 79.9. The maximum Gasteiger partial charge on any atom is 0.143 e. The summed E-state index contributed by atoms with van der Waals surface area (Å²) in [6.45, 7) is -0.466. The van der Waals surface area contributed by atoms with E-state index in [1.807, 2.05) is 0 Å². The Morgan fingerprint density at radius 1 is 1.50 bits per heavy atom. The van der Waals surface area contributed by atoms with Crippen molar-refractivity contribution in [1.29, 1.82) is 0 Å². The van der Waals surface area contributed by atoms with E-state index < -0.39 is 6.67 Å². The third kappa shape index (κ3) is 2.11. The third-order valence-electron chi connectivity index (χ3n) is 1.35. The van der Waals surface area contributed by atoms with Crippen molar-refractivity contribution in [3.8, 4) is 5.75 Å². The second kappa shape index (κ2) is 4.30. The number of alkyl halides is 1. The SMILES string of the molecule is Nc1c(Br)cccc1OCCF. The Labute approximate surface area is 78.6 Å². The predicted molar refractivity (Wildman–Crippen MR) is 50.0 cm³/mol. The van der Waals surface area contributed by atoms with Gasteiger partial charge >= 0.3 is 0 Å². The number of ether oxygens (including phenoxy) is 1. The van der Waals surface area contributed by atoms with Crippen molar-refractivity contribution in [2.45, 2.75) is 0 Å².